The molecule has 0 aromatic carbocycles. The van der Waals surface area contributed by atoms with E-state index in [1.807, 2.05) is 0 Å². The first-order valence-electron chi connectivity index (χ1n) is 7.78. The summed E-state index contributed by atoms with van der Waals surface area (Å²) in [4.78, 5) is 12.2. The van der Waals surface area contributed by atoms with Gasteiger partial charge in [0, 0.05) is 6.42 Å². The molecule has 0 amide bonds. The average molecular weight is 495 g/mol. The third kappa shape index (κ3) is 6.16. The molecule has 30 heavy (non-hydrogen) atoms. The second-order valence-corrected chi connectivity index (χ2v) is 6.40. The lowest BCUT2D eigenvalue weighted by Gasteiger charge is -2.55. The lowest BCUT2D eigenvalue weighted by atomic mass is 9.80. The fourth-order valence-corrected chi connectivity index (χ4v) is 3.68. The van der Waals surface area contributed by atoms with E-state index in [0.717, 1.165) is 0 Å². The Labute approximate surface area is 185 Å². The van der Waals surface area contributed by atoms with Crippen molar-refractivity contribution in [1.29, 1.82) is 0 Å². The number of carbonyl (C=O) groups is 1. The van der Waals surface area contributed by atoms with E-state index in [1.165, 1.54) is 0 Å². The number of likely N-dealkylation sites (N-methyl/N-ethyl adjacent to an activating group) is 2. The Balaban J connectivity index is -0.000000298. The van der Waals surface area contributed by atoms with Gasteiger partial charge in [0.05, 0.1) is 24.3 Å². The third-order valence-corrected chi connectivity index (χ3v) is 4.93. The number of nitrogens with one attached hydrogen (secondary N) is 2. The van der Waals surface area contributed by atoms with Crippen molar-refractivity contribution in [3.63, 3.8) is 0 Å². The van der Waals surface area contributed by atoms with Crippen LogP contribution in [0, 0.1) is 0 Å². The number of ether oxygens (including phenoxy) is 3. The molecular weight excluding hydrogens is 459 g/mol. The highest BCUT2D eigenvalue weighted by Gasteiger charge is 2.63. The van der Waals surface area contributed by atoms with Gasteiger partial charge in [-0.15, -0.1) is 24.8 Å². The van der Waals surface area contributed by atoms with E-state index in [9.17, 15) is 20.1 Å². The highest BCUT2D eigenvalue weighted by Crippen LogP contribution is 2.40. The Bertz CT molecular complexity index is 496. The van der Waals surface area contributed by atoms with E-state index >= 15 is 0 Å². The summed E-state index contributed by atoms with van der Waals surface area (Å²) in [6, 6.07) is -1.29. The summed E-state index contributed by atoms with van der Waals surface area (Å²) in [7, 11) is 3.24. The molecule has 2 heterocycles. The first kappa shape index (κ1) is 40.1. The van der Waals surface area contributed by atoms with Gasteiger partial charge in [-0.2, -0.15) is 0 Å². The molecule has 1 saturated carbocycles. The Morgan fingerprint density at radius 3 is 1.87 bits per heavy atom. The molecule has 3 fully saturated rings. The van der Waals surface area contributed by atoms with Gasteiger partial charge in [0.15, 0.2) is 5.78 Å². The normalized spacial score (nSPS) is 41.1. The monoisotopic (exact) mass is 494 g/mol. The maximum atomic E-state index is 12.2. The zero-order chi connectivity index (χ0) is 16.9. The molecule has 2 aliphatic heterocycles. The first-order chi connectivity index (χ1) is 10.8. The Morgan fingerprint density at radius 2 is 1.40 bits per heavy atom. The number of rotatable bonds is 2. The molecule has 3 aliphatic rings. The zero-order valence-corrected chi connectivity index (χ0v) is 18.3. The van der Waals surface area contributed by atoms with Gasteiger partial charge in [0.1, 0.15) is 18.3 Å². The van der Waals surface area contributed by atoms with Crippen LogP contribution in [0.15, 0.2) is 0 Å². The largest absolute Gasteiger partial charge is 0.412 e. The second kappa shape index (κ2) is 14.7. The van der Waals surface area contributed by atoms with Gasteiger partial charge in [0.2, 0.25) is 6.29 Å². The van der Waals surface area contributed by atoms with E-state index in [0.29, 0.717) is 0 Å². The van der Waals surface area contributed by atoms with Crippen molar-refractivity contribution < 1.29 is 61.7 Å². The standard InChI is InChI=1S/C14H24N2O7.2ClH.5H2O/c1-5-4-6(17)14(20)13(21-5)22-12-10(19)7(15-2)9(18)8(16-3)11(12)23-14;;;;;;;/h5,7-13,15-16,18-20H,4H2,1-3H3;2*1H;5*1H2/t5-,7-,8+,9+,10-,11?,12+,13?,14-;;;;;;;/m0......./s1. The average Bonchev–Trinajstić information content (AvgIpc) is 2.49. The summed E-state index contributed by atoms with van der Waals surface area (Å²) in [5, 5.41) is 37.2. The van der Waals surface area contributed by atoms with Crippen molar-refractivity contribution in [3.05, 3.63) is 0 Å². The molecule has 0 radical (unpaired) electrons. The van der Waals surface area contributed by atoms with Crippen LogP contribution in [0.3, 0.4) is 0 Å². The summed E-state index contributed by atoms with van der Waals surface area (Å²) in [5.41, 5.74) is 0. The van der Waals surface area contributed by atoms with Crippen molar-refractivity contribution in [2.45, 2.75) is 68.0 Å². The molecule has 0 aromatic heterocycles. The summed E-state index contributed by atoms with van der Waals surface area (Å²) >= 11 is 0. The number of fused-ring (bicyclic) bond motifs is 2. The number of carbonyl (C=O) groups excluding carboxylic acids is 1. The van der Waals surface area contributed by atoms with Gasteiger partial charge in [-0.05, 0) is 21.0 Å². The minimum atomic E-state index is -2.23. The summed E-state index contributed by atoms with van der Waals surface area (Å²) < 4.78 is 16.8. The maximum Gasteiger partial charge on any atom is 0.280 e. The van der Waals surface area contributed by atoms with Crippen molar-refractivity contribution in [1.82, 2.24) is 10.6 Å². The molecule has 2 unspecified atom stereocenters. The molecule has 0 spiro atoms. The molecule has 2 saturated heterocycles. The smallest absolute Gasteiger partial charge is 0.280 e. The molecule has 188 valence electrons. The van der Waals surface area contributed by atoms with E-state index in [4.69, 9.17) is 14.2 Å². The molecule has 9 atom stereocenters. The van der Waals surface area contributed by atoms with E-state index in [1.54, 1.807) is 21.0 Å². The van der Waals surface area contributed by atoms with Gasteiger partial charge in [0.25, 0.3) is 5.79 Å². The van der Waals surface area contributed by atoms with E-state index in [2.05, 4.69) is 10.6 Å². The molecule has 0 bridgehead atoms. The van der Waals surface area contributed by atoms with Crippen LogP contribution in [-0.2, 0) is 19.0 Å². The van der Waals surface area contributed by atoms with Crippen LogP contribution in [-0.4, -0.2) is 117 Å². The lowest BCUT2D eigenvalue weighted by molar-refractivity contribution is -0.420. The quantitative estimate of drug-likeness (QED) is 0.243. The Morgan fingerprint density at radius 1 is 0.900 bits per heavy atom. The molecule has 15 N–H and O–H groups in total. The second-order valence-electron chi connectivity index (χ2n) is 6.40. The number of halogens is 2. The fraction of sp³-hybridized carbons (Fsp3) is 0.929. The van der Waals surface area contributed by atoms with Crippen molar-refractivity contribution >= 4 is 30.6 Å². The van der Waals surface area contributed by atoms with Crippen LogP contribution in [0.25, 0.3) is 0 Å². The summed E-state index contributed by atoms with van der Waals surface area (Å²) in [6.07, 6.45) is -5.58. The first-order valence-corrected chi connectivity index (χ1v) is 7.78. The van der Waals surface area contributed by atoms with Gasteiger partial charge >= 0.3 is 0 Å². The topological polar surface area (TPSA) is 287 Å². The number of Topliss-reactive ketones (excluding diaryl/α,β-unsaturated/α-hetero) is 1. The molecule has 14 nitrogen and oxygen atoms in total. The number of ketones is 1. The maximum absolute atomic E-state index is 12.2. The van der Waals surface area contributed by atoms with Crippen LogP contribution in [0.1, 0.15) is 13.3 Å². The Kier molecular flexibility index (Phi) is 19.7. The number of hydrogen-bond donors (Lipinski definition) is 5. The van der Waals surface area contributed by atoms with Gasteiger partial charge in [-0.25, -0.2) is 0 Å². The van der Waals surface area contributed by atoms with Crippen LogP contribution < -0.4 is 10.6 Å². The number of hydrogen-bond acceptors (Lipinski definition) is 9. The highest BCUT2D eigenvalue weighted by molar-refractivity contribution is 5.87. The van der Waals surface area contributed by atoms with Gasteiger partial charge in [-0.3, -0.25) is 4.79 Å². The SMILES string of the molecule is CN[C@H]1[C@@H](O)[C@@H](NC)C2O[C@@]3(O)C(=O)C[C@H](C)OC3O[C@@H]2[C@H]1O.Cl.Cl.O.O.O.O.O. The molecule has 3 rings (SSSR count). The van der Waals surface area contributed by atoms with E-state index < -0.39 is 60.5 Å². The summed E-state index contributed by atoms with van der Waals surface area (Å²) in [6.45, 7) is 1.70. The molecular formula is C14H36Cl2N2O12. The highest BCUT2D eigenvalue weighted by atomic mass is 35.5. The van der Waals surface area contributed by atoms with Crippen LogP contribution in [0.2, 0.25) is 0 Å². The zero-order valence-electron chi connectivity index (χ0n) is 16.6. The van der Waals surface area contributed by atoms with Crippen LogP contribution in [0.4, 0.5) is 0 Å². The van der Waals surface area contributed by atoms with Crippen molar-refractivity contribution in [2.24, 2.45) is 0 Å². The number of aliphatic hydroxyl groups is 3. The minimum absolute atomic E-state index is 0. The fourth-order valence-electron chi connectivity index (χ4n) is 3.68. The molecule has 16 heteroatoms. The van der Waals surface area contributed by atoms with Gasteiger partial charge in [-0.1, -0.05) is 0 Å². The predicted molar refractivity (Wildman–Crippen MR) is 109 cm³/mol. The Hall–Kier alpha value is -0.270. The van der Waals surface area contributed by atoms with Gasteiger partial charge < -0.3 is 67.5 Å². The molecule has 0 aromatic rings. The van der Waals surface area contributed by atoms with Crippen LogP contribution in [0.5, 0.6) is 0 Å². The predicted octanol–water partition coefficient (Wildman–Crippen LogP) is -6.21. The van der Waals surface area contributed by atoms with Crippen molar-refractivity contribution in [2.75, 3.05) is 14.1 Å². The third-order valence-electron chi connectivity index (χ3n) is 4.93. The number of aliphatic hydroxyl groups excluding tert-OH is 2. The van der Waals surface area contributed by atoms with Crippen LogP contribution >= 0.6 is 24.8 Å². The molecule has 1 aliphatic carbocycles. The van der Waals surface area contributed by atoms with E-state index in [-0.39, 0.29) is 58.6 Å². The summed E-state index contributed by atoms with van der Waals surface area (Å²) in [5.74, 6) is -2.76. The minimum Gasteiger partial charge on any atom is -0.412 e. The van der Waals surface area contributed by atoms with Crippen molar-refractivity contribution in [3.8, 4) is 0 Å². The lowest BCUT2D eigenvalue weighted by Crippen LogP contribution is -2.77.